The number of benzene rings is 2. The van der Waals surface area contributed by atoms with E-state index < -0.39 is 35.8 Å². The largest absolute Gasteiger partial charge is 0.494 e. The summed E-state index contributed by atoms with van der Waals surface area (Å²) in [7, 11) is 2.04. The van der Waals surface area contributed by atoms with Crippen molar-refractivity contribution in [2.75, 3.05) is 30.4 Å². The lowest BCUT2D eigenvalue weighted by atomic mass is 10.0. The lowest BCUT2D eigenvalue weighted by Gasteiger charge is -2.27. The van der Waals surface area contributed by atoms with Gasteiger partial charge < -0.3 is 20.1 Å². The lowest BCUT2D eigenvalue weighted by molar-refractivity contribution is -0.136. The molecule has 16 heteroatoms. The minimum atomic E-state index is -1.00. The van der Waals surface area contributed by atoms with Gasteiger partial charge >= 0.3 is 0 Å². The summed E-state index contributed by atoms with van der Waals surface area (Å²) in [5.41, 5.74) is 3.99. The molecule has 4 amide bonds. The normalized spacial score (nSPS) is 16.5. The molecular formula is C46H55N9O7. The smallest absolute Gasteiger partial charge is 0.278 e. The highest BCUT2D eigenvalue weighted by Crippen LogP contribution is 2.32. The number of aryl methyl sites for hydroxylation is 1. The van der Waals surface area contributed by atoms with Crippen LogP contribution in [0.1, 0.15) is 111 Å². The maximum absolute atomic E-state index is 13.4. The van der Waals surface area contributed by atoms with Gasteiger partial charge in [0.2, 0.25) is 17.8 Å². The van der Waals surface area contributed by atoms with Crippen LogP contribution < -0.4 is 25.8 Å². The zero-order chi connectivity index (χ0) is 44.5. The molecular weight excluding hydrogens is 791 g/mol. The van der Waals surface area contributed by atoms with Crippen LogP contribution in [0.3, 0.4) is 0 Å². The van der Waals surface area contributed by atoms with E-state index in [1.165, 1.54) is 10.9 Å². The zero-order valence-electron chi connectivity index (χ0n) is 36.0. The first-order valence-corrected chi connectivity index (χ1v) is 21.5. The first-order valence-electron chi connectivity index (χ1n) is 21.5. The van der Waals surface area contributed by atoms with E-state index in [4.69, 9.17) is 14.7 Å². The number of imide groups is 2. The van der Waals surface area contributed by atoms with E-state index in [1.54, 1.807) is 29.0 Å². The lowest BCUT2D eigenvalue weighted by Crippen LogP contribution is -2.54. The van der Waals surface area contributed by atoms with Crippen LogP contribution in [-0.4, -0.2) is 84.2 Å². The molecule has 0 saturated carbocycles. The van der Waals surface area contributed by atoms with Crippen molar-refractivity contribution in [3.63, 3.8) is 0 Å². The molecule has 0 radical (unpaired) electrons. The van der Waals surface area contributed by atoms with Crippen molar-refractivity contribution >= 4 is 52.0 Å². The molecule has 0 spiro atoms. The molecule has 3 aliphatic rings. The molecule has 2 aliphatic heterocycles. The van der Waals surface area contributed by atoms with Crippen molar-refractivity contribution in [3.8, 4) is 11.6 Å². The highest BCUT2D eigenvalue weighted by Gasteiger charge is 2.44. The number of nitrogens with zero attached hydrogens (tertiary/aromatic N) is 7. The molecule has 1 fully saturated rings. The molecule has 62 heavy (non-hydrogen) atoms. The number of carbonyl (C=O) groups excluding carboxylic acids is 4. The van der Waals surface area contributed by atoms with Crippen molar-refractivity contribution in [2.24, 2.45) is 0 Å². The molecule has 0 bridgehead atoms. The van der Waals surface area contributed by atoms with Gasteiger partial charge in [-0.05, 0) is 86.2 Å². The number of unbranched alkanes of at least 4 members (excludes halogenated alkanes) is 3. The van der Waals surface area contributed by atoms with Crippen molar-refractivity contribution in [1.29, 1.82) is 0 Å². The van der Waals surface area contributed by atoms with Gasteiger partial charge in [0.15, 0.2) is 11.5 Å². The Kier molecular flexibility index (Phi) is 14.7. The number of aromatic nitrogens is 5. The molecule has 1 saturated heterocycles. The maximum Gasteiger partial charge on any atom is 0.278 e. The molecule has 2 atom stereocenters. The first-order chi connectivity index (χ1) is 30.1. The molecule has 1 aliphatic carbocycles. The summed E-state index contributed by atoms with van der Waals surface area (Å²) in [5, 5.41) is 16.3. The predicted octanol–water partition coefficient (Wildman–Crippen LogP) is 6.42. The zero-order valence-corrected chi connectivity index (χ0v) is 36.0. The molecule has 5 heterocycles. The standard InChI is InChI=1S/C42H43N9O7.2C2H6/c1-3-20-49-39(55)31-24-43-42(47-37(31)51(49)34-18-9-25-8-17-33(52)36(25)45-34)44-26-10-12-27(13-11-26)48(2)21-6-4-5-7-22-58-28-14-15-29-30(23-28)41(57)50(40(29)56)32-16-19-35(53)46-38(32)54;2*1-2/h3,9-15,18,23-24,32-33,52H,1,4-8,16-17,19-22H2,2H3,(H,43,44,47)(H,46,53,54);2*1-2H3. The number of rotatable bonds is 15. The van der Waals surface area contributed by atoms with Gasteiger partial charge in [-0.15, -0.1) is 6.58 Å². The highest BCUT2D eigenvalue weighted by molar-refractivity contribution is 6.23. The number of piperidine rings is 1. The van der Waals surface area contributed by atoms with Gasteiger partial charge in [0, 0.05) is 37.6 Å². The van der Waals surface area contributed by atoms with E-state index in [0.717, 1.165) is 60.5 Å². The molecule has 8 rings (SSSR count). The van der Waals surface area contributed by atoms with Crippen LogP contribution in [0, 0.1) is 0 Å². The number of anilines is 3. The number of aliphatic hydroxyl groups is 1. The predicted molar refractivity (Wildman–Crippen MR) is 237 cm³/mol. The second-order valence-electron chi connectivity index (χ2n) is 14.7. The number of ether oxygens (including phenoxy) is 1. The molecule has 16 nitrogen and oxygen atoms in total. The van der Waals surface area contributed by atoms with Gasteiger partial charge in [0.05, 0.1) is 36.1 Å². The van der Waals surface area contributed by atoms with E-state index in [-0.39, 0.29) is 36.1 Å². The third-order valence-electron chi connectivity index (χ3n) is 10.8. The summed E-state index contributed by atoms with van der Waals surface area (Å²) >= 11 is 0. The molecule has 2 aromatic carbocycles. The molecule has 2 unspecified atom stereocenters. The Morgan fingerprint density at radius 3 is 2.39 bits per heavy atom. The van der Waals surface area contributed by atoms with Crippen LogP contribution >= 0.6 is 0 Å². The Morgan fingerprint density at radius 2 is 1.65 bits per heavy atom. The van der Waals surface area contributed by atoms with Crippen LogP contribution in [0.2, 0.25) is 0 Å². The Bertz CT molecular complexity index is 2510. The number of carbonyl (C=O) groups is 4. The summed E-state index contributed by atoms with van der Waals surface area (Å²) in [6.07, 6.45) is 7.78. The Hall–Kier alpha value is -6.68. The summed E-state index contributed by atoms with van der Waals surface area (Å²) in [5.74, 6) is -0.875. The SMILES string of the molecule is C=CCn1c(=O)c2cnc(Nc3ccc(N(C)CCCCCCOc4ccc5c(c4)C(=O)N(C4CCC(=O)NC4=O)C5=O)cc3)nc2n1-c1ccc2c(n1)C(O)CC2.CC.CC. The first kappa shape index (κ1) is 44.9. The fourth-order valence-corrected chi connectivity index (χ4v) is 7.74. The Labute approximate surface area is 360 Å². The number of nitrogens with one attached hydrogen (secondary N) is 2. The number of amides is 4. The summed E-state index contributed by atoms with van der Waals surface area (Å²) in [6, 6.07) is 15.5. The molecule has 3 aromatic heterocycles. The van der Waals surface area contributed by atoms with Crippen molar-refractivity contribution in [1.82, 2.24) is 34.5 Å². The van der Waals surface area contributed by atoms with Gasteiger partial charge in [-0.25, -0.2) is 19.3 Å². The number of hydrogen-bond acceptors (Lipinski definition) is 12. The van der Waals surface area contributed by atoms with Crippen LogP contribution in [-0.2, 0) is 22.6 Å². The average Bonchev–Trinajstić information content (AvgIpc) is 3.88. The van der Waals surface area contributed by atoms with Gasteiger partial charge in [-0.2, -0.15) is 4.98 Å². The fraction of sp³-hybridized carbons (Fsp3) is 0.391. The number of fused-ring (bicyclic) bond motifs is 3. The van der Waals surface area contributed by atoms with E-state index in [1.807, 2.05) is 71.1 Å². The topological polar surface area (TPSA) is 194 Å². The minimum absolute atomic E-state index is 0.0685. The monoisotopic (exact) mass is 845 g/mol. The maximum atomic E-state index is 13.4. The second kappa shape index (κ2) is 20.3. The second-order valence-corrected chi connectivity index (χ2v) is 14.7. The van der Waals surface area contributed by atoms with Crippen LogP contribution in [0.5, 0.6) is 5.75 Å². The van der Waals surface area contributed by atoms with E-state index >= 15 is 0 Å². The molecule has 5 aromatic rings. The van der Waals surface area contributed by atoms with Crippen LogP contribution in [0.25, 0.3) is 16.9 Å². The quantitative estimate of drug-likeness (QED) is 0.0596. The number of pyridine rings is 1. The van der Waals surface area contributed by atoms with Gasteiger partial charge in [-0.3, -0.25) is 34.2 Å². The van der Waals surface area contributed by atoms with Crippen molar-refractivity contribution in [3.05, 3.63) is 106 Å². The van der Waals surface area contributed by atoms with Crippen molar-refractivity contribution < 1.29 is 29.0 Å². The van der Waals surface area contributed by atoms with Crippen LogP contribution in [0.4, 0.5) is 17.3 Å². The summed E-state index contributed by atoms with van der Waals surface area (Å²) in [4.78, 5) is 80.2. The number of aliphatic hydroxyl groups excluding tert-OH is 1. The van der Waals surface area contributed by atoms with Gasteiger partial charge in [0.1, 0.15) is 17.2 Å². The average molecular weight is 846 g/mol. The highest BCUT2D eigenvalue weighted by atomic mass is 16.5. The number of allylic oxidation sites excluding steroid dienone is 1. The van der Waals surface area contributed by atoms with Crippen molar-refractivity contribution in [2.45, 2.75) is 97.8 Å². The third-order valence-corrected chi connectivity index (χ3v) is 10.8. The van der Waals surface area contributed by atoms with E-state index in [2.05, 4.69) is 27.1 Å². The Morgan fingerprint density at radius 1 is 0.903 bits per heavy atom. The minimum Gasteiger partial charge on any atom is -0.494 e. The van der Waals surface area contributed by atoms with Crippen LogP contribution in [0.15, 0.2) is 78.2 Å². The fourth-order valence-electron chi connectivity index (χ4n) is 7.74. The van der Waals surface area contributed by atoms with Gasteiger partial charge in [-0.1, -0.05) is 52.7 Å². The Balaban J connectivity index is 0.00000156. The molecule has 3 N–H and O–H groups in total. The van der Waals surface area contributed by atoms with E-state index in [9.17, 15) is 29.1 Å². The van der Waals surface area contributed by atoms with Gasteiger partial charge in [0.25, 0.3) is 17.4 Å². The summed E-state index contributed by atoms with van der Waals surface area (Å²) < 4.78 is 9.07. The summed E-state index contributed by atoms with van der Waals surface area (Å²) in [6.45, 7) is 13.4. The molecule has 326 valence electrons. The third kappa shape index (κ3) is 9.29. The number of hydrogen-bond donors (Lipinski definition) is 3. The van der Waals surface area contributed by atoms with E-state index in [0.29, 0.717) is 47.3 Å².